The van der Waals surface area contributed by atoms with Gasteiger partial charge in [-0.15, -0.1) is 0 Å². The van der Waals surface area contributed by atoms with Crippen molar-refractivity contribution in [3.05, 3.63) is 65.3 Å². The number of para-hydroxylation sites is 1. The molecule has 3 aromatic rings. The highest BCUT2D eigenvalue weighted by molar-refractivity contribution is 7.89. The molecule has 0 amide bonds. The normalized spacial score (nSPS) is 13.5. The molecule has 2 aromatic carbocycles. The van der Waals surface area contributed by atoms with E-state index >= 15 is 0 Å². The van der Waals surface area contributed by atoms with Gasteiger partial charge in [0.05, 0.1) is 18.0 Å². The van der Waals surface area contributed by atoms with Crippen LogP contribution in [0.3, 0.4) is 0 Å². The van der Waals surface area contributed by atoms with Crippen molar-refractivity contribution in [3.63, 3.8) is 0 Å². The van der Waals surface area contributed by atoms with Gasteiger partial charge in [-0.1, -0.05) is 43.6 Å². The fourth-order valence-corrected chi connectivity index (χ4v) is 5.36. The molecule has 0 unspecified atom stereocenters. The molecule has 0 spiro atoms. The lowest BCUT2D eigenvalue weighted by Crippen LogP contribution is -2.43. The number of aryl methyl sites for hydroxylation is 1. The highest BCUT2D eigenvalue weighted by Gasteiger charge is 2.32. The van der Waals surface area contributed by atoms with Crippen LogP contribution >= 0.6 is 11.6 Å². The van der Waals surface area contributed by atoms with E-state index in [9.17, 15) is 13.5 Å². The molecule has 0 radical (unpaired) electrons. The van der Waals surface area contributed by atoms with Gasteiger partial charge in [0.2, 0.25) is 10.0 Å². The van der Waals surface area contributed by atoms with Crippen molar-refractivity contribution in [2.75, 3.05) is 6.61 Å². The number of nitrogens with zero attached hydrogens (tertiary/aromatic N) is 2. The third-order valence-corrected chi connectivity index (χ3v) is 7.32. The summed E-state index contributed by atoms with van der Waals surface area (Å²) in [5.41, 5.74) is 1.90. The molecular weight excluding hydrogens is 408 g/mol. The molecule has 156 valence electrons. The second-order valence-corrected chi connectivity index (χ2v) is 10.1. The Morgan fingerprint density at radius 1 is 1.10 bits per heavy atom. The molecule has 0 saturated carbocycles. The van der Waals surface area contributed by atoms with Crippen molar-refractivity contribution >= 4 is 32.5 Å². The molecule has 0 bridgehead atoms. The number of benzene rings is 2. The maximum Gasteiger partial charge on any atom is 0.243 e. The summed E-state index contributed by atoms with van der Waals surface area (Å²) in [6.45, 7) is 3.97. The van der Waals surface area contributed by atoms with E-state index in [-0.39, 0.29) is 24.0 Å². The van der Waals surface area contributed by atoms with Crippen molar-refractivity contribution < 1.29 is 13.5 Å². The molecule has 5 nitrogen and oxygen atoms in total. The van der Waals surface area contributed by atoms with Gasteiger partial charge in [-0.2, -0.15) is 4.31 Å². The molecule has 0 aliphatic rings. The molecule has 0 fully saturated rings. The van der Waals surface area contributed by atoms with Gasteiger partial charge < -0.3 is 9.67 Å². The summed E-state index contributed by atoms with van der Waals surface area (Å²) in [6, 6.07) is 15.6. The monoisotopic (exact) mass is 434 g/mol. The van der Waals surface area contributed by atoms with Gasteiger partial charge in [-0.05, 0) is 54.1 Å². The minimum absolute atomic E-state index is 0.169. The van der Waals surface area contributed by atoms with Gasteiger partial charge in [0.15, 0.2) is 0 Å². The van der Waals surface area contributed by atoms with Crippen molar-refractivity contribution in [1.82, 2.24) is 8.87 Å². The number of aromatic nitrogens is 1. The quantitative estimate of drug-likeness (QED) is 0.570. The van der Waals surface area contributed by atoms with Gasteiger partial charge in [0.25, 0.3) is 0 Å². The fourth-order valence-electron chi connectivity index (χ4n) is 3.64. The molecular formula is C22H27ClN2O3S. The Hall–Kier alpha value is -1.86. The second-order valence-electron chi connectivity index (χ2n) is 7.72. The van der Waals surface area contributed by atoms with E-state index in [1.54, 1.807) is 12.1 Å². The highest BCUT2D eigenvalue weighted by Crippen LogP contribution is 2.27. The lowest BCUT2D eigenvalue weighted by Gasteiger charge is -2.31. The average molecular weight is 435 g/mol. The lowest BCUT2D eigenvalue weighted by molar-refractivity contribution is 0.163. The maximum atomic E-state index is 13.5. The van der Waals surface area contributed by atoms with Crippen LogP contribution in [-0.2, 0) is 23.6 Å². The largest absolute Gasteiger partial charge is 0.395 e. The molecule has 1 atom stereocenters. The molecule has 0 saturated heterocycles. The number of halogens is 1. The summed E-state index contributed by atoms with van der Waals surface area (Å²) in [7, 11) is -1.89. The highest BCUT2D eigenvalue weighted by atomic mass is 35.5. The third-order valence-electron chi connectivity index (χ3n) is 5.15. The molecule has 1 heterocycles. The summed E-state index contributed by atoms with van der Waals surface area (Å²) in [5, 5.41) is 11.6. The first-order valence-electron chi connectivity index (χ1n) is 9.65. The van der Waals surface area contributed by atoms with E-state index in [2.05, 4.69) is 0 Å². The SMILES string of the molecule is CC(C)C[C@H](CO)N(Cc1cc2ccccc2n1C)S(=O)(=O)c1ccc(Cl)cc1. The van der Waals surface area contributed by atoms with Crippen LogP contribution in [0.4, 0.5) is 0 Å². The second kappa shape index (κ2) is 8.88. The van der Waals surface area contributed by atoms with Crippen LogP contribution in [0, 0.1) is 5.92 Å². The van der Waals surface area contributed by atoms with E-state index in [0.717, 1.165) is 16.6 Å². The standard InChI is InChI=1S/C22H27ClN2O3S/c1-16(2)12-20(15-26)25(29(27,28)21-10-8-18(23)9-11-21)14-19-13-17-6-4-5-7-22(17)24(19)3/h4-11,13,16,20,26H,12,14-15H2,1-3H3/t20-/m1/s1. The Balaban J connectivity index is 2.06. The average Bonchev–Trinajstić information content (AvgIpc) is 3.00. The van der Waals surface area contributed by atoms with Gasteiger partial charge in [0, 0.05) is 29.3 Å². The summed E-state index contributed by atoms with van der Waals surface area (Å²) >= 11 is 5.94. The Morgan fingerprint density at radius 3 is 2.34 bits per heavy atom. The molecule has 1 aromatic heterocycles. The molecule has 7 heteroatoms. The van der Waals surface area contributed by atoms with Gasteiger partial charge in [-0.25, -0.2) is 8.42 Å². The van der Waals surface area contributed by atoms with Gasteiger partial charge >= 0.3 is 0 Å². The number of aliphatic hydroxyl groups is 1. The van der Waals surface area contributed by atoms with Crippen LogP contribution < -0.4 is 0 Å². The summed E-state index contributed by atoms with van der Waals surface area (Å²) in [5.74, 6) is 0.238. The van der Waals surface area contributed by atoms with Crippen LogP contribution in [0.1, 0.15) is 26.0 Å². The molecule has 29 heavy (non-hydrogen) atoms. The maximum absolute atomic E-state index is 13.5. The Morgan fingerprint density at radius 2 is 1.76 bits per heavy atom. The molecule has 3 rings (SSSR count). The van der Waals surface area contributed by atoms with E-state index in [4.69, 9.17) is 11.6 Å². The topological polar surface area (TPSA) is 62.5 Å². The summed E-state index contributed by atoms with van der Waals surface area (Å²) in [6.07, 6.45) is 0.563. The number of fused-ring (bicyclic) bond motifs is 1. The first-order chi connectivity index (χ1) is 13.7. The van der Waals surface area contributed by atoms with Gasteiger partial charge in [0.1, 0.15) is 0 Å². The van der Waals surface area contributed by atoms with Gasteiger partial charge in [-0.3, -0.25) is 0 Å². The number of hydrogen-bond donors (Lipinski definition) is 1. The van der Waals surface area contributed by atoms with Crippen molar-refractivity contribution in [3.8, 4) is 0 Å². The Bertz CT molecular complexity index is 1080. The van der Waals surface area contributed by atoms with Crippen LogP contribution in [0.5, 0.6) is 0 Å². The van der Waals surface area contributed by atoms with Crippen LogP contribution in [-0.4, -0.2) is 35.0 Å². The van der Waals surface area contributed by atoms with E-state index in [1.807, 2.05) is 55.8 Å². The van der Waals surface area contributed by atoms with Crippen molar-refractivity contribution in [1.29, 1.82) is 0 Å². The van der Waals surface area contributed by atoms with Crippen LogP contribution in [0.15, 0.2) is 59.5 Å². The first kappa shape index (κ1) is 21.8. The zero-order valence-electron chi connectivity index (χ0n) is 16.9. The number of aliphatic hydroxyl groups excluding tert-OH is 1. The predicted molar refractivity (Wildman–Crippen MR) is 117 cm³/mol. The summed E-state index contributed by atoms with van der Waals surface area (Å²) in [4.78, 5) is 0.169. The summed E-state index contributed by atoms with van der Waals surface area (Å²) < 4.78 is 30.5. The first-order valence-corrected chi connectivity index (χ1v) is 11.5. The number of sulfonamides is 1. The molecule has 0 aliphatic heterocycles. The third kappa shape index (κ3) is 4.67. The number of rotatable bonds is 8. The minimum atomic E-state index is -3.83. The minimum Gasteiger partial charge on any atom is -0.395 e. The zero-order valence-corrected chi connectivity index (χ0v) is 18.5. The lowest BCUT2D eigenvalue weighted by atomic mass is 10.0. The fraction of sp³-hybridized carbons (Fsp3) is 0.364. The zero-order chi connectivity index (χ0) is 21.2. The predicted octanol–water partition coefficient (Wildman–Crippen LogP) is 4.43. The Kier molecular flexibility index (Phi) is 6.69. The van der Waals surface area contributed by atoms with E-state index in [1.165, 1.54) is 16.4 Å². The van der Waals surface area contributed by atoms with Crippen LogP contribution in [0.25, 0.3) is 10.9 Å². The van der Waals surface area contributed by atoms with Crippen molar-refractivity contribution in [2.24, 2.45) is 13.0 Å². The molecule has 0 aliphatic carbocycles. The van der Waals surface area contributed by atoms with E-state index < -0.39 is 16.1 Å². The smallest absolute Gasteiger partial charge is 0.243 e. The van der Waals surface area contributed by atoms with Crippen LogP contribution in [0.2, 0.25) is 5.02 Å². The number of hydrogen-bond acceptors (Lipinski definition) is 3. The van der Waals surface area contributed by atoms with E-state index in [0.29, 0.717) is 11.4 Å². The molecule has 1 N–H and O–H groups in total. The van der Waals surface area contributed by atoms with Crippen molar-refractivity contribution in [2.45, 2.75) is 37.8 Å². The Labute approximate surface area is 177 Å².